The molecule has 176 valence electrons. The van der Waals surface area contributed by atoms with Gasteiger partial charge in [-0.3, -0.25) is 9.59 Å². The molecule has 3 rings (SSSR count). The molecular formula is C24H26F2N2O5. The van der Waals surface area contributed by atoms with Crippen molar-refractivity contribution in [2.75, 3.05) is 19.7 Å². The summed E-state index contributed by atoms with van der Waals surface area (Å²) in [5, 5.41) is 12.7. The Labute approximate surface area is 190 Å². The van der Waals surface area contributed by atoms with Crippen LogP contribution in [0.15, 0.2) is 48.5 Å². The van der Waals surface area contributed by atoms with Crippen LogP contribution in [0.4, 0.5) is 13.6 Å². The number of rotatable bonds is 10. The highest BCUT2D eigenvalue weighted by Crippen LogP contribution is 2.44. The molecule has 9 heteroatoms. The molecule has 0 spiro atoms. The maximum Gasteiger partial charge on any atom is 0.407 e. The molecule has 0 radical (unpaired) electrons. The zero-order valence-corrected chi connectivity index (χ0v) is 18.1. The molecular weight excluding hydrogens is 434 g/mol. The molecule has 0 saturated heterocycles. The van der Waals surface area contributed by atoms with Gasteiger partial charge in [-0.2, -0.15) is 8.78 Å². The van der Waals surface area contributed by atoms with E-state index in [9.17, 15) is 23.2 Å². The quantitative estimate of drug-likeness (QED) is 0.501. The molecule has 0 fully saturated rings. The molecule has 2 amide bonds. The summed E-state index contributed by atoms with van der Waals surface area (Å²) < 4.78 is 33.4. The number of aliphatic carboxylic acids is 1. The topological polar surface area (TPSA) is 105 Å². The molecule has 1 aliphatic rings. The van der Waals surface area contributed by atoms with Crippen LogP contribution in [0.25, 0.3) is 11.1 Å². The predicted molar refractivity (Wildman–Crippen MR) is 117 cm³/mol. The largest absolute Gasteiger partial charge is 0.481 e. The molecule has 7 nitrogen and oxygen atoms in total. The third-order valence-electron chi connectivity index (χ3n) is 5.59. The second-order valence-corrected chi connectivity index (χ2v) is 8.13. The number of fused-ring (bicyclic) bond motifs is 3. The summed E-state index contributed by atoms with van der Waals surface area (Å²) in [4.78, 5) is 34.4. The minimum absolute atomic E-state index is 0.0290. The maximum atomic E-state index is 14.1. The van der Waals surface area contributed by atoms with Crippen LogP contribution in [0.2, 0.25) is 0 Å². The van der Waals surface area contributed by atoms with E-state index in [-0.39, 0.29) is 37.8 Å². The van der Waals surface area contributed by atoms with Crippen molar-refractivity contribution in [1.82, 2.24) is 10.6 Å². The monoisotopic (exact) mass is 460 g/mol. The van der Waals surface area contributed by atoms with Crippen LogP contribution < -0.4 is 10.6 Å². The van der Waals surface area contributed by atoms with Gasteiger partial charge in [0.05, 0.1) is 6.54 Å². The van der Waals surface area contributed by atoms with Crippen LogP contribution >= 0.6 is 0 Å². The molecule has 0 saturated carbocycles. The number of alkyl carbamates (subject to hydrolysis) is 1. The smallest absolute Gasteiger partial charge is 0.407 e. The Morgan fingerprint density at radius 1 is 1.03 bits per heavy atom. The molecule has 0 heterocycles. The average Bonchev–Trinajstić information content (AvgIpc) is 3.12. The van der Waals surface area contributed by atoms with Crippen molar-refractivity contribution in [3.8, 4) is 11.1 Å². The molecule has 0 aliphatic heterocycles. The van der Waals surface area contributed by atoms with E-state index in [1.165, 1.54) is 0 Å². The number of halogens is 2. The molecule has 0 aromatic heterocycles. The van der Waals surface area contributed by atoms with E-state index in [0.29, 0.717) is 0 Å². The Kier molecular flexibility index (Phi) is 7.63. The molecule has 1 unspecified atom stereocenters. The predicted octanol–water partition coefficient (Wildman–Crippen LogP) is 3.78. The van der Waals surface area contributed by atoms with Crippen molar-refractivity contribution < 1.29 is 33.0 Å². The van der Waals surface area contributed by atoms with Gasteiger partial charge in [0.2, 0.25) is 0 Å². The van der Waals surface area contributed by atoms with Crippen LogP contribution in [0.3, 0.4) is 0 Å². The zero-order chi connectivity index (χ0) is 24.0. The number of hydrogen-bond acceptors (Lipinski definition) is 4. The van der Waals surface area contributed by atoms with Gasteiger partial charge in [0, 0.05) is 18.9 Å². The number of benzene rings is 2. The SMILES string of the molecule is CC(CCC(=O)O)CNC(=O)C(F)(F)CNC(=O)OCC1c2ccccc2-c2ccccc21. The summed E-state index contributed by atoms with van der Waals surface area (Å²) >= 11 is 0. The van der Waals surface area contributed by atoms with Crippen LogP contribution in [-0.4, -0.2) is 48.7 Å². The van der Waals surface area contributed by atoms with Crippen molar-refractivity contribution >= 4 is 18.0 Å². The van der Waals surface area contributed by atoms with Gasteiger partial charge < -0.3 is 20.5 Å². The lowest BCUT2D eigenvalue weighted by molar-refractivity contribution is -0.144. The van der Waals surface area contributed by atoms with E-state index < -0.39 is 30.4 Å². The highest BCUT2D eigenvalue weighted by atomic mass is 19.3. The standard InChI is InChI=1S/C24H26F2N2O5/c1-15(10-11-21(29)30)12-27-22(31)24(25,26)14-28-23(32)33-13-20-18-8-4-2-6-16(18)17-7-3-5-9-19(17)20/h2-9,15,20H,10-14H2,1H3,(H,27,31)(H,28,32)(H,29,30). The zero-order valence-electron chi connectivity index (χ0n) is 18.1. The lowest BCUT2D eigenvalue weighted by Crippen LogP contribution is -2.49. The first-order valence-electron chi connectivity index (χ1n) is 10.7. The van der Waals surface area contributed by atoms with Gasteiger partial charge in [-0.05, 0) is 34.6 Å². The average molecular weight is 460 g/mol. The van der Waals surface area contributed by atoms with Crippen molar-refractivity contribution in [1.29, 1.82) is 0 Å². The van der Waals surface area contributed by atoms with E-state index in [2.05, 4.69) is 5.32 Å². The van der Waals surface area contributed by atoms with E-state index in [1.54, 1.807) is 6.92 Å². The highest BCUT2D eigenvalue weighted by molar-refractivity contribution is 5.84. The number of amides is 2. The first-order valence-corrected chi connectivity index (χ1v) is 10.7. The minimum Gasteiger partial charge on any atom is -0.481 e. The summed E-state index contributed by atoms with van der Waals surface area (Å²) in [6.45, 7) is 0.320. The van der Waals surface area contributed by atoms with Gasteiger partial charge in [0.1, 0.15) is 6.61 Å². The first kappa shape index (κ1) is 24.2. The van der Waals surface area contributed by atoms with Gasteiger partial charge >= 0.3 is 18.0 Å². The molecule has 2 aromatic carbocycles. The summed E-state index contributed by atoms with van der Waals surface area (Å²) in [6.07, 6.45) is -0.908. The Morgan fingerprint density at radius 3 is 2.18 bits per heavy atom. The fraction of sp³-hybridized carbons (Fsp3) is 0.375. The van der Waals surface area contributed by atoms with Crippen molar-refractivity contribution in [2.45, 2.75) is 31.6 Å². The van der Waals surface area contributed by atoms with Gasteiger partial charge in [-0.25, -0.2) is 4.79 Å². The van der Waals surface area contributed by atoms with Crippen molar-refractivity contribution in [3.05, 3.63) is 59.7 Å². The molecule has 33 heavy (non-hydrogen) atoms. The lowest BCUT2D eigenvalue weighted by Gasteiger charge is -2.19. The van der Waals surface area contributed by atoms with Crippen LogP contribution in [0, 0.1) is 5.92 Å². The van der Waals surface area contributed by atoms with Crippen LogP contribution in [0.5, 0.6) is 0 Å². The maximum absolute atomic E-state index is 14.1. The Balaban J connectivity index is 1.48. The highest BCUT2D eigenvalue weighted by Gasteiger charge is 2.39. The van der Waals surface area contributed by atoms with Crippen molar-refractivity contribution in [3.63, 3.8) is 0 Å². The van der Waals surface area contributed by atoms with Crippen LogP contribution in [0.1, 0.15) is 36.8 Å². The number of alkyl halides is 2. The normalized spacial score (nSPS) is 13.5. The second-order valence-electron chi connectivity index (χ2n) is 8.13. The van der Waals surface area contributed by atoms with E-state index in [0.717, 1.165) is 22.3 Å². The van der Waals surface area contributed by atoms with E-state index in [1.807, 2.05) is 53.8 Å². The number of hydrogen-bond donors (Lipinski definition) is 3. The van der Waals surface area contributed by atoms with Crippen molar-refractivity contribution in [2.24, 2.45) is 5.92 Å². The molecule has 2 aromatic rings. The lowest BCUT2D eigenvalue weighted by atomic mass is 9.98. The fourth-order valence-corrected chi connectivity index (χ4v) is 3.78. The number of carbonyl (C=O) groups excluding carboxylic acids is 2. The molecule has 0 bridgehead atoms. The van der Waals surface area contributed by atoms with Gasteiger partial charge in [0.15, 0.2) is 0 Å². The molecule has 1 aliphatic carbocycles. The minimum atomic E-state index is -3.84. The fourth-order valence-electron chi connectivity index (χ4n) is 3.78. The van der Waals surface area contributed by atoms with Crippen LogP contribution in [-0.2, 0) is 14.3 Å². The molecule has 3 N–H and O–H groups in total. The first-order chi connectivity index (χ1) is 15.7. The number of nitrogens with one attached hydrogen (secondary N) is 2. The van der Waals surface area contributed by atoms with E-state index in [4.69, 9.17) is 9.84 Å². The third-order valence-corrected chi connectivity index (χ3v) is 5.59. The number of carboxylic acid groups (broad SMARTS) is 1. The summed E-state index contributed by atoms with van der Waals surface area (Å²) in [5.74, 6) is -6.86. The Bertz CT molecular complexity index is 982. The Morgan fingerprint density at radius 2 is 1.61 bits per heavy atom. The van der Waals surface area contributed by atoms with Gasteiger partial charge in [-0.1, -0.05) is 55.5 Å². The summed E-state index contributed by atoms with van der Waals surface area (Å²) in [6, 6.07) is 15.5. The number of carbonyl (C=O) groups is 3. The third kappa shape index (κ3) is 6.06. The van der Waals surface area contributed by atoms with Gasteiger partial charge in [0.25, 0.3) is 5.91 Å². The summed E-state index contributed by atoms with van der Waals surface area (Å²) in [7, 11) is 0. The molecule has 1 atom stereocenters. The number of ether oxygens (including phenoxy) is 1. The Hall–Kier alpha value is -3.49. The summed E-state index contributed by atoms with van der Waals surface area (Å²) in [5.41, 5.74) is 4.08. The van der Waals surface area contributed by atoms with E-state index >= 15 is 0 Å². The number of carboxylic acids is 1. The van der Waals surface area contributed by atoms with Gasteiger partial charge in [-0.15, -0.1) is 0 Å². The second kappa shape index (κ2) is 10.4.